The van der Waals surface area contributed by atoms with E-state index in [0.29, 0.717) is 13.0 Å². The first-order valence-corrected chi connectivity index (χ1v) is 9.39. The van der Waals surface area contributed by atoms with Gasteiger partial charge in [-0.25, -0.2) is 4.79 Å². The zero-order chi connectivity index (χ0) is 20.6. The molecule has 1 aliphatic heterocycles. The molecule has 0 saturated heterocycles. The van der Waals surface area contributed by atoms with Crippen molar-refractivity contribution < 1.29 is 18.0 Å². The number of nitrogens with one attached hydrogen (secondary N) is 1. The van der Waals surface area contributed by atoms with E-state index in [1.54, 1.807) is 4.90 Å². The molecule has 0 saturated carbocycles. The number of amides is 2. The van der Waals surface area contributed by atoms with E-state index in [4.69, 9.17) is 0 Å². The summed E-state index contributed by atoms with van der Waals surface area (Å²) >= 11 is 0. The lowest BCUT2D eigenvalue weighted by Gasteiger charge is -2.30. The SMILES string of the molecule is CCC1c2cccn2-c2ccccc2CN1C(=O)Nc1ccccc1C(F)(F)F. The number of para-hydroxylation sites is 2. The van der Waals surface area contributed by atoms with Crippen LogP contribution in [0.1, 0.15) is 36.2 Å². The molecule has 4 rings (SSSR count). The molecule has 1 unspecified atom stereocenters. The lowest BCUT2D eigenvalue weighted by molar-refractivity contribution is -0.136. The zero-order valence-corrected chi connectivity index (χ0v) is 15.8. The molecule has 1 aromatic heterocycles. The number of aromatic nitrogens is 1. The molecule has 2 amide bonds. The fraction of sp³-hybridized carbons (Fsp3) is 0.227. The van der Waals surface area contributed by atoms with Crippen molar-refractivity contribution in [3.8, 4) is 5.69 Å². The summed E-state index contributed by atoms with van der Waals surface area (Å²) in [5.74, 6) is 0. The Morgan fingerprint density at radius 2 is 1.79 bits per heavy atom. The predicted molar refractivity (Wildman–Crippen MR) is 105 cm³/mol. The average molecular weight is 399 g/mol. The summed E-state index contributed by atoms with van der Waals surface area (Å²) in [7, 11) is 0. The molecule has 150 valence electrons. The first-order valence-electron chi connectivity index (χ1n) is 9.39. The van der Waals surface area contributed by atoms with Gasteiger partial charge in [0.2, 0.25) is 0 Å². The Morgan fingerprint density at radius 1 is 1.07 bits per heavy atom. The number of anilines is 1. The van der Waals surface area contributed by atoms with Crippen molar-refractivity contribution in [2.24, 2.45) is 0 Å². The summed E-state index contributed by atoms with van der Waals surface area (Å²) in [6, 6.07) is 15.8. The van der Waals surface area contributed by atoms with E-state index >= 15 is 0 Å². The molecule has 3 aromatic rings. The van der Waals surface area contributed by atoms with E-state index in [1.807, 2.05) is 54.1 Å². The van der Waals surface area contributed by atoms with Crippen molar-refractivity contribution in [2.45, 2.75) is 32.1 Å². The third kappa shape index (κ3) is 3.48. The van der Waals surface area contributed by atoms with Crippen LogP contribution >= 0.6 is 0 Å². The smallest absolute Gasteiger partial charge is 0.318 e. The molecule has 0 spiro atoms. The predicted octanol–water partition coefficient (Wildman–Crippen LogP) is 5.99. The first kappa shape index (κ1) is 19.1. The monoisotopic (exact) mass is 399 g/mol. The number of urea groups is 1. The molecule has 7 heteroatoms. The molecular formula is C22H20F3N3O. The van der Waals surface area contributed by atoms with E-state index in [1.165, 1.54) is 18.2 Å². The number of hydrogen-bond donors (Lipinski definition) is 1. The molecule has 0 radical (unpaired) electrons. The fourth-order valence-electron chi connectivity index (χ4n) is 3.89. The van der Waals surface area contributed by atoms with Gasteiger partial charge >= 0.3 is 12.2 Å². The minimum Gasteiger partial charge on any atom is -0.318 e. The van der Waals surface area contributed by atoms with Gasteiger partial charge in [-0.15, -0.1) is 0 Å². The second kappa shape index (κ2) is 7.31. The molecular weight excluding hydrogens is 379 g/mol. The third-order valence-electron chi connectivity index (χ3n) is 5.21. The minimum atomic E-state index is -4.55. The van der Waals surface area contributed by atoms with Crippen molar-refractivity contribution in [3.63, 3.8) is 0 Å². The van der Waals surface area contributed by atoms with Crippen LogP contribution in [0.25, 0.3) is 5.69 Å². The number of carbonyl (C=O) groups excluding carboxylic acids is 1. The summed E-state index contributed by atoms with van der Waals surface area (Å²) in [6.07, 6.45) is -1.97. The number of halogens is 3. The Kier molecular flexibility index (Phi) is 4.82. The maximum atomic E-state index is 13.3. The quantitative estimate of drug-likeness (QED) is 0.564. The van der Waals surface area contributed by atoms with Gasteiger partial charge in [-0.3, -0.25) is 0 Å². The van der Waals surface area contributed by atoms with Crippen molar-refractivity contribution in [3.05, 3.63) is 83.7 Å². The van der Waals surface area contributed by atoms with E-state index in [9.17, 15) is 18.0 Å². The van der Waals surface area contributed by atoms with Gasteiger partial charge in [0, 0.05) is 11.9 Å². The average Bonchev–Trinajstić information content (AvgIpc) is 3.12. The molecule has 1 N–H and O–H groups in total. The molecule has 2 heterocycles. The lowest BCUT2D eigenvalue weighted by atomic mass is 10.1. The van der Waals surface area contributed by atoms with Crippen molar-refractivity contribution in [1.29, 1.82) is 0 Å². The standard InChI is InChI=1S/C22H20F3N3O/c1-2-18-20-12-7-13-27(20)19-11-6-3-8-15(19)14-28(18)21(29)26-17-10-5-4-9-16(17)22(23,24)25/h3-13,18H,2,14H2,1H3,(H,26,29). The number of carbonyl (C=O) groups is 1. The Morgan fingerprint density at radius 3 is 2.55 bits per heavy atom. The molecule has 1 aliphatic rings. The number of hydrogen-bond acceptors (Lipinski definition) is 1. The molecule has 0 bridgehead atoms. The Hall–Kier alpha value is -3.22. The molecule has 29 heavy (non-hydrogen) atoms. The van der Waals surface area contributed by atoms with Gasteiger partial charge in [-0.2, -0.15) is 13.2 Å². The van der Waals surface area contributed by atoms with Crippen molar-refractivity contribution in [1.82, 2.24) is 9.47 Å². The summed E-state index contributed by atoms with van der Waals surface area (Å²) < 4.78 is 42.0. The molecule has 2 aromatic carbocycles. The van der Waals surface area contributed by atoms with E-state index in [2.05, 4.69) is 5.32 Å². The topological polar surface area (TPSA) is 37.3 Å². The van der Waals surface area contributed by atoms with Crippen LogP contribution in [-0.4, -0.2) is 15.5 Å². The van der Waals surface area contributed by atoms with Gasteiger partial charge in [-0.05, 0) is 42.3 Å². The lowest BCUT2D eigenvalue weighted by Crippen LogP contribution is -2.37. The number of nitrogens with zero attached hydrogens (tertiary/aromatic N) is 2. The summed E-state index contributed by atoms with van der Waals surface area (Å²) in [6.45, 7) is 2.26. The van der Waals surface area contributed by atoms with Crippen LogP contribution in [-0.2, 0) is 12.7 Å². The van der Waals surface area contributed by atoms with Crippen LogP contribution < -0.4 is 5.32 Å². The largest absolute Gasteiger partial charge is 0.418 e. The minimum absolute atomic E-state index is 0.243. The number of fused-ring (bicyclic) bond motifs is 3. The van der Waals surface area contributed by atoms with E-state index in [-0.39, 0.29) is 11.7 Å². The zero-order valence-electron chi connectivity index (χ0n) is 15.8. The Balaban J connectivity index is 1.73. The normalized spacial score (nSPS) is 16.0. The van der Waals surface area contributed by atoms with Crippen LogP contribution in [0.2, 0.25) is 0 Å². The van der Waals surface area contributed by atoms with Crippen LogP contribution in [0.3, 0.4) is 0 Å². The molecule has 4 nitrogen and oxygen atoms in total. The highest BCUT2D eigenvalue weighted by molar-refractivity contribution is 5.90. The third-order valence-corrected chi connectivity index (χ3v) is 5.21. The summed E-state index contributed by atoms with van der Waals surface area (Å²) in [4.78, 5) is 14.8. The Bertz CT molecular complexity index is 1040. The summed E-state index contributed by atoms with van der Waals surface area (Å²) in [5.41, 5.74) is 1.72. The van der Waals surface area contributed by atoms with Crippen LogP contribution in [0.5, 0.6) is 0 Å². The van der Waals surface area contributed by atoms with Gasteiger partial charge in [0.05, 0.1) is 29.5 Å². The highest BCUT2D eigenvalue weighted by Crippen LogP contribution is 2.37. The number of alkyl halides is 3. The van der Waals surface area contributed by atoms with Gasteiger partial charge in [-0.1, -0.05) is 37.3 Å². The van der Waals surface area contributed by atoms with E-state index in [0.717, 1.165) is 23.0 Å². The maximum absolute atomic E-state index is 13.3. The first-order chi connectivity index (χ1) is 13.9. The molecule has 1 atom stereocenters. The van der Waals surface area contributed by atoms with Crippen molar-refractivity contribution in [2.75, 3.05) is 5.32 Å². The van der Waals surface area contributed by atoms with Crippen LogP contribution in [0, 0.1) is 0 Å². The number of rotatable bonds is 2. The number of benzene rings is 2. The maximum Gasteiger partial charge on any atom is 0.418 e. The van der Waals surface area contributed by atoms with Crippen molar-refractivity contribution >= 4 is 11.7 Å². The van der Waals surface area contributed by atoms with E-state index < -0.39 is 17.8 Å². The second-order valence-corrected chi connectivity index (χ2v) is 6.96. The van der Waals surface area contributed by atoms with Gasteiger partial charge < -0.3 is 14.8 Å². The molecule has 0 aliphatic carbocycles. The van der Waals surface area contributed by atoms with Gasteiger partial charge in [0.25, 0.3) is 0 Å². The second-order valence-electron chi connectivity index (χ2n) is 6.96. The highest BCUT2D eigenvalue weighted by Gasteiger charge is 2.35. The molecule has 0 fully saturated rings. The Labute approximate surface area is 166 Å². The fourth-order valence-corrected chi connectivity index (χ4v) is 3.89. The highest BCUT2D eigenvalue weighted by atomic mass is 19.4. The van der Waals surface area contributed by atoms with Crippen LogP contribution in [0.4, 0.5) is 23.7 Å². The van der Waals surface area contributed by atoms with Crippen LogP contribution in [0.15, 0.2) is 66.9 Å². The summed E-state index contributed by atoms with van der Waals surface area (Å²) in [5, 5.41) is 2.49. The van der Waals surface area contributed by atoms with Gasteiger partial charge in [0.1, 0.15) is 0 Å². The van der Waals surface area contributed by atoms with Gasteiger partial charge in [0.15, 0.2) is 0 Å².